The SMILES string of the molecule is CC1=C/CC/C=C/C(C)=C\1. The molecule has 0 nitrogen and oxygen atoms in total. The third kappa shape index (κ3) is 2.22. The first-order chi connectivity index (χ1) is 4.79. The normalized spacial score (nSPS) is 32.6. The number of allylic oxidation sites excluding steroid dienone is 6. The molecule has 1 rings (SSSR count). The van der Waals surface area contributed by atoms with E-state index in [1.165, 1.54) is 24.0 Å². The minimum Gasteiger partial charge on any atom is -0.0840 e. The smallest absolute Gasteiger partial charge is 0.0310 e. The predicted octanol–water partition coefficient (Wildman–Crippen LogP) is 3.23. The quantitative estimate of drug-likeness (QED) is 0.477. The first-order valence-corrected chi connectivity index (χ1v) is 3.80. The van der Waals surface area contributed by atoms with Crippen LogP contribution in [-0.2, 0) is 0 Å². The van der Waals surface area contributed by atoms with E-state index in [4.69, 9.17) is 0 Å². The van der Waals surface area contributed by atoms with E-state index in [9.17, 15) is 0 Å². The van der Waals surface area contributed by atoms with Crippen molar-refractivity contribution in [1.82, 2.24) is 0 Å². The molecule has 10 heavy (non-hydrogen) atoms. The molecule has 0 unspecified atom stereocenters. The van der Waals surface area contributed by atoms with Gasteiger partial charge in [0.05, 0.1) is 0 Å². The van der Waals surface area contributed by atoms with Gasteiger partial charge < -0.3 is 0 Å². The zero-order chi connectivity index (χ0) is 7.40. The lowest BCUT2D eigenvalue weighted by atomic mass is 10.1. The van der Waals surface area contributed by atoms with Gasteiger partial charge in [-0.25, -0.2) is 0 Å². The maximum atomic E-state index is 2.28. The second-order valence-electron chi connectivity index (χ2n) is 2.82. The fourth-order valence-corrected chi connectivity index (χ4v) is 1.14. The molecule has 0 aromatic carbocycles. The third-order valence-corrected chi connectivity index (χ3v) is 1.64. The van der Waals surface area contributed by atoms with Gasteiger partial charge in [-0.05, 0) is 26.7 Å². The van der Waals surface area contributed by atoms with E-state index < -0.39 is 0 Å². The van der Waals surface area contributed by atoms with Gasteiger partial charge in [-0.15, -0.1) is 0 Å². The Bertz CT molecular complexity index is 192. The maximum Gasteiger partial charge on any atom is -0.0310 e. The average molecular weight is 134 g/mol. The van der Waals surface area contributed by atoms with Gasteiger partial charge in [0.2, 0.25) is 0 Å². The zero-order valence-corrected chi connectivity index (χ0v) is 6.72. The van der Waals surface area contributed by atoms with Crippen LogP contribution in [0.5, 0.6) is 0 Å². The average Bonchev–Trinajstić information content (AvgIpc) is 1.83. The molecule has 0 amide bonds. The molecular formula is C10H14. The fraction of sp³-hybridized carbons (Fsp3) is 0.400. The third-order valence-electron chi connectivity index (χ3n) is 1.64. The lowest BCUT2D eigenvalue weighted by molar-refractivity contribution is 1.03. The summed E-state index contributed by atoms with van der Waals surface area (Å²) in [6.45, 7) is 4.29. The van der Waals surface area contributed by atoms with E-state index in [1.54, 1.807) is 0 Å². The molecule has 0 bridgehead atoms. The van der Waals surface area contributed by atoms with Crippen molar-refractivity contribution in [2.24, 2.45) is 0 Å². The molecule has 0 spiro atoms. The fourth-order valence-electron chi connectivity index (χ4n) is 1.14. The molecule has 0 radical (unpaired) electrons. The van der Waals surface area contributed by atoms with Crippen molar-refractivity contribution in [2.75, 3.05) is 0 Å². The Morgan fingerprint density at radius 1 is 1.10 bits per heavy atom. The summed E-state index contributed by atoms with van der Waals surface area (Å²) in [7, 11) is 0. The van der Waals surface area contributed by atoms with Gasteiger partial charge in [0, 0.05) is 0 Å². The van der Waals surface area contributed by atoms with E-state index in [0.29, 0.717) is 0 Å². The Labute approximate surface area is 62.9 Å². The summed E-state index contributed by atoms with van der Waals surface area (Å²) in [5, 5.41) is 0. The van der Waals surface area contributed by atoms with Crippen molar-refractivity contribution in [3.63, 3.8) is 0 Å². The van der Waals surface area contributed by atoms with Crippen molar-refractivity contribution in [1.29, 1.82) is 0 Å². The van der Waals surface area contributed by atoms with Gasteiger partial charge in [0.15, 0.2) is 0 Å². The van der Waals surface area contributed by atoms with Crippen LogP contribution in [0, 0.1) is 0 Å². The Balaban J connectivity index is 2.79. The van der Waals surface area contributed by atoms with Crippen LogP contribution in [-0.4, -0.2) is 0 Å². The molecule has 1 aliphatic rings. The lowest BCUT2D eigenvalue weighted by Gasteiger charge is -1.98. The van der Waals surface area contributed by atoms with Crippen LogP contribution in [0.2, 0.25) is 0 Å². The summed E-state index contributed by atoms with van der Waals surface area (Å²) in [6.07, 6.45) is 11.3. The molecule has 0 heterocycles. The van der Waals surface area contributed by atoms with E-state index in [-0.39, 0.29) is 0 Å². The van der Waals surface area contributed by atoms with Gasteiger partial charge in [0.1, 0.15) is 0 Å². The summed E-state index contributed by atoms with van der Waals surface area (Å²) < 4.78 is 0. The number of hydrogen-bond donors (Lipinski definition) is 0. The highest BCUT2D eigenvalue weighted by Crippen LogP contribution is 2.09. The highest BCUT2D eigenvalue weighted by molar-refractivity contribution is 5.28. The molecule has 0 saturated carbocycles. The molecule has 1 aliphatic carbocycles. The Kier molecular flexibility index (Phi) is 2.49. The highest BCUT2D eigenvalue weighted by atomic mass is 13.9. The highest BCUT2D eigenvalue weighted by Gasteiger charge is 1.88. The Morgan fingerprint density at radius 2 is 1.90 bits per heavy atom. The van der Waals surface area contributed by atoms with Gasteiger partial charge in [-0.3, -0.25) is 0 Å². The molecule has 0 heteroatoms. The first-order valence-electron chi connectivity index (χ1n) is 3.80. The van der Waals surface area contributed by atoms with Crippen molar-refractivity contribution < 1.29 is 0 Å². The van der Waals surface area contributed by atoms with E-state index >= 15 is 0 Å². The van der Waals surface area contributed by atoms with Crippen molar-refractivity contribution in [2.45, 2.75) is 26.7 Å². The maximum absolute atomic E-state index is 2.28. The van der Waals surface area contributed by atoms with E-state index in [1.807, 2.05) is 0 Å². The molecule has 0 aliphatic heterocycles. The lowest BCUT2D eigenvalue weighted by Crippen LogP contribution is -1.78. The van der Waals surface area contributed by atoms with Crippen LogP contribution < -0.4 is 0 Å². The largest absolute Gasteiger partial charge is 0.0840 e. The second kappa shape index (κ2) is 3.40. The summed E-state index contributed by atoms with van der Waals surface area (Å²) in [6, 6.07) is 0. The minimum absolute atomic E-state index is 1.18. The second-order valence-corrected chi connectivity index (χ2v) is 2.82. The Hall–Kier alpha value is -0.780. The van der Waals surface area contributed by atoms with Gasteiger partial charge >= 0.3 is 0 Å². The van der Waals surface area contributed by atoms with Crippen LogP contribution in [0.1, 0.15) is 26.7 Å². The predicted molar refractivity (Wildman–Crippen MR) is 45.9 cm³/mol. The summed E-state index contributed by atoms with van der Waals surface area (Å²) in [5.41, 5.74) is 2.75. The molecule has 0 aromatic rings. The van der Waals surface area contributed by atoms with Crippen LogP contribution >= 0.6 is 0 Å². The van der Waals surface area contributed by atoms with Gasteiger partial charge in [-0.2, -0.15) is 0 Å². The van der Waals surface area contributed by atoms with Crippen LogP contribution in [0.3, 0.4) is 0 Å². The molecule has 0 aromatic heterocycles. The summed E-state index contributed by atoms with van der Waals surface area (Å²) >= 11 is 0. The molecule has 0 saturated heterocycles. The topological polar surface area (TPSA) is 0 Å². The van der Waals surface area contributed by atoms with Gasteiger partial charge in [-0.1, -0.05) is 35.5 Å². The minimum atomic E-state index is 1.18. The van der Waals surface area contributed by atoms with Gasteiger partial charge in [0.25, 0.3) is 0 Å². The first kappa shape index (κ1) is 7.33. The zero-order valence-electron chi connectivity index (χ0n) is 6.72. The molecule has 0 atom stereocenters. The molecule has 54 valence electrons. The van der Waals surface area contributed by atoms with E-state index in [0.717, 1.165) is 0 Å². The monoisotopic (exact) mass is 134 g/mol. The van der Waals surface area contributed by atoms with Crippen molar-refractivity contribution in [3.8, 4) is 0 Å². The molecule has 0 fully saturated rings. The van der Waals surface area contributed by atoms with E-state index in [2.05, 4.69) is 38.2 Å². The van der Waals surface area contributed by atoms with Crippen molar-refractivity contribution >= 4 is 0 Å². The van der Waals surface area contributed by atoms with Crippen molar-refractivity contribution in [3.05, 3.63) is 35.5 Å². The molecular weight excluding hydrogens is 120 g/mol. The Morgan fingerprint density at radius 3 is 2.70 bits per heavy atom. The van der Waals surface area contributed by atoms with Crippen LogP contribution in [0.4, 0.5) is 0 Å². The number of rotatable bonds is 0. The van der Waals surface area contributed by atoms with Crippen LogP contribution in [0.15, 0.2) is 35.5 Å². The van der Waals surface area contributed by atoms with Crippen LogP contribution in [0.25, 0.3) is 0 Å². The summed E-state index contributed by atoms with van der Waals surface area (Å²) in [5.74, 6) is 0. The summed E-state index contributed by atoms with van der Waals surface area (Å²) in [4.78, 5) is 0. The molecule has 0 N–H and O–H groups in total. The number of hydrogen-bond acceptors (Lipinski definition) is 0. The standard InChI is InChI=1S/C10H14/c1-9-6-4-3-5-7-10(2)8-9/h4,6-8H,3,5H2,1-2H3/b6-4+,9-8-,10-7-.